The van der Waals surface area contributed by atoms with Crippen LogP contribution in [0.15, 0.2) is 12.3 Å². The van der Waals surface area contributed by atoms with Crippen molar-refractivity contribution in [3.8, 4) is 5.75 Å². The zero-order valence-electron chi connectivity index (χ0n) is 13.4. The Balaban J connectivity index is 1.70. The molecule has 25 heavy (non-hydrogen) atoms. The molecule has 3 rings (SSSR count). The van der Waals surface area contributed by atoms with Gasteiger partial charge in [0.25, 0.3) is 0 Å². The van der Waals surface area contributed by atoms with Crippen molar-refractivity contribution < 1.29 is 31.1 Å². The summed E-state index contributed by atoms with van der Waals surface area (Å²) in [5.74, 6) is -0.671. The standard InChI is InChI=1S/C15H17F3N2O4S/c1-24-11-6-12(15(16,17)18)19-8-10(11)20-13(21)9-7-14(9)2-4-25(22,23)5-3-14/h6,8-9H,2-5,7H2,1H3,(H,20,21). The number of carbonyl (C=O) groups excluding carboxylic acids is 1. The summed E-state index contributed by atoms with van der Waals surface area (Å²) in [6.45, 7) is 0. The van der Waals surface area contributed by atoms with Gasteiger partial charge in [-0.1, -0.05) is 0 Å². The van der Waals surface area contributed by atoms with E-state index in [0.717, 1.165) is 12.3 Å². The molecule has 1 amide bonds. The average Bonchev–Trinajstić information content (AvgIpc) is 3.25. The minimum Gasteiger partial charge on any atom is -0.494 e. The van der Waals surface area contributed by atoms with Crippen molar-refractivity contribution in [2.45, 2.75) is 25.4 Å². The third kappa shape index (κ3) is 3.58. The first-order chi connectivity index (χ1) is 11.6. The monoisotopic (exact) mass is 378 g/mol. The van der Waals surface area contributed by atoms with Gasteiger partial charge in [-0.25, -0.2) is 13.4 Å². The Morgan fingerprint density at radius 3 is 2.56 bits per heavy atom. The Morgan fingerprint density at radius 2 is 2.00 bits per heavy atom. The molecule has 138 valence electrons. The molecular weight excluding hydrogens is 361 g/mol. The number of alkyl halides is 3. The zero-order valence-corrected chi connectivity index (χ0v) is 14.2. The predicted molar refractivity (Wildman–Crippen MR) is 82.8 cm³/mol. The average molecular weight is 378 g/mol. The van der Waals surface area contributed by atoms with Crippen molar-refractivity contribution >= 4 is 21.4 Å². The normalized spacial score (nSPS) is 23.9. The van der Waals surface area contributed by atoms with Gasteiger partial charge in [0.2, 0.25) is 5.91 Å². The maximum Gasteiger partial charge on any atom is 0.433 e. The molecule has 2 heterocycles. The number of carbonyl (C=O) groups is 1. The molecule has 6 nitrogen and oxygen atoms in total. The molecule has 1 spiro atoms. The molecule has 1 saturated carbocycles. The lowest BCUT2D eigenvalue weighted by atomic mass is 9.96. The van der Waals surface area contributed by atoms with Crippen molar-refractivity contribution in [1.82, 2.24) is 4.98 Å². The molecule has 1 aromatic rings. The highest BCUT2D eigenvalue weighted by Gasteiger charge is 2.59. The number of anilines is 1. The lowest BCUT2D eigenvalue weighted by Crippen LogP contribution is -2.28. The van der Waals surface area contributed by atoms with Gasteiger partial charge in [-0.15, -0.1) is 0 Å². The predicted octanol–water partition coefficient (Wildman–Crippen LogP) is 2.26. The van der Waals surface area contributed by atoms with Crippen molar-refractivity contribution in [1.29, 1.82) is 0 Å². The number of amides is 1. The number of nitrogens with zero attached hydrogens (tertiary/aromatic N) is 1. The molecule has 2 fully saturated rings. The summed E-state index contributed by atoms with van der Waals surface area (Å²) in [7, 11) is -1.82. The maximum atomic E-state index is 12.7. The first-order valence-electron chi connectivity index (χ1n) is 7.69. The fourth-order valence-electron chi connectivity index (χ4n) is 3.29. The van der Waals surface area contributed by atoms with E-state index in [-0.39, 0.29) is 40.2 Å². The van der Waals surface area contributed by atoms with Gasteiger partial charge >= 0.3 is 6.18 Å². The summed E-state index contributed by atoms with van der Waals surface area (Å²) >= 11 is 0. The number of hydrogen-bond donors (Lipinski definition) is 1. The van der Waals surface area contributed by atoms with E-state index in [1.165, 1.54) is 7.11 Å². The zero-order chi connectivity index (χ0) is 18.5. The van der Waals surface area contributed by atoms with E-state index in [9.17, 15) is 26.4 Å². The molecule has 0 bridgehead atoms. The number of aromatic nitrogens is 1. The van der Waals surface area contributed by atoms with Crippen molar-refractivity contribution in [2.24, 2.45) is 11.3 Å². The Morgan fingerprint density at radius 1 is 1.36 bits per heavy atom. The van der Waals surface area contributed by atoms with Crippen LogP contribution in [0.25, 0.3) is 0 Å². The van der Waals surface area contributed by atoms with E-state index >= 15 is 0 Å². The van der Waals surface area contributed by atoms with Gasteiger partial charge in [0.15, 0.2) is 0 Å². The highest BCUT2D eigenvalue weighted by Crippen LogP contribution is 2.60. The van der Waals surface area contributed by atoms with Crippen LogP contribution in [0.5, 0.6) is 5.75 Å². The van der Waals surface area contributed by atoms with Gasteiger partial charge in [0, 0.05) is 12.0 Å². The summed E-state index contributed by atoms with van der Waals surface area (Å²) in [4.78, 5) is 15.7. The third-order valence-corrected chi connectivity index (χ3v) is 6.61. The van der Waals surface area contributed by atoms with E-state index in [1.807, 2.05) is 0 Å². The highest BCUT2D eigenvalue weighted by molar-refractivity contribution is 7.91. The molecule has 1 N–H and O–H groups in total. The number of nitrogens with one attached hydrogen (secondary N) is 1. The number of methoxy groups -OCH3 is 1. The fraction of sp³-hybridized carbons (Fsp3) is 0.600. The van der Waals surface area contributed by atoms with Gasteiger partial charge in [0.1, 0.15) is 27.0 Å². The van der Waals surface area contributed by atoms with Crippen molar-refractivity contribution in [3.05, 3.63) is 18.0 Å². The largest absolute Gasteiger partial charge is 0.494 e. The van der Waals surface area contributed by atoms with Gasteiger partial charge in [-0.2, -0.15) is 13.2 Å². The summed E-state index contributed by atoms with van der Waals surface area (Å²) in [5.41, 5.74) is -1.35. The quantitative estimate of drug-likeness (QED) is 0.872. The van der Waals surface area contributed by atoms with E-state index < -0.39 is 21.7 Å². The maximum absolute atomic E-state index is 12.7. The van der Waals surface area contributed by atoms with E-state index in [0.29, 0.717) is 19.3 Å². The van der Waals surface area contributed by atoms with Crippen LogP contribution < -0.4 is 10.1 Å². The van der Waals surface area contributed by atoms with Crippen molar-refractivity contribution in [3.63, 3.8) is 0 Å². The third-order valence-electron chi connectivity index (χ3n) is 4.96. The number of sulfone groups is 1. The Bertz CT molecular complexity index is 793. The second-order valence-corrected chi connectivity index (χ2v) is 8.83. The van der Waals surface area contributed by atoms with E-state index in [1.54, 1.807) is 0 Å². The molecule has 1 aliphatic heterocycles. The molecule has 2 aliphatic rings. The second kappa shape index (κ2) is 5.86. The van der Waals surface area contributed by atoms with Crippen LogP contribution in [-0.4, -0.2) is 37.9 Å². The minimum atomic E-state index is -4.61. The van der Waals surface area contributed by atoms with E-state index in [2.05, 4.69) is 10.3 Å². The van der Waals surface area contributed by atoms with Gasteiger partial charge < -0.3 is 10.1 Å². The lowest BCUT2D eigenvalue weighted by molar-refractivity contribution is -0.141. The fourth-order valence-corrected chi connectivity index (χ4v) is 4.93. The molecule has 1 aromatic heterocycles. The topological polar surface area (TPSA) is 85.4 Å². The Kier molecular flexibility index (Phi) is 4.21. The van der Waals surface area contributed by atoms with Gasteiger partial charge in [-0.05, 0) is 24.7 Å². The molecule has 1 unspecified atom stereocenters. The first kappa shape index (κ1) is 18.0. The highest BCUT2D eigenvalue weighted by atomic mass is 32.2. The summed E-state index contributed by atoms with van der Waals surface area (Å²) < 4.78 is 66.0. The van der Waals surface area contributed by atoms with Crippen LogP contribution in [0.2, 0.25) is 0 Å². The van der Waals surface area contributed by atoms with Gasteiger partial charge in [0.05, 0.1) is 24.8 Å². The van der Waals surface area contributed by atoms with Crippen LogP contribution in [0.4, 0.5) is 18.9 Å². The van der Waals surface area contributed by atoms with Crippen LogP contribution in [0.3, 0.4) is 0 Å². The smallest absolute Gasteiger partial charge is 0.433 e. The Labute approximate surface area is 142 Å². The minimum absolute atomic E-state index is 0.0611. The molecule has 1 atom stereocenters. The van der Waals surface area contributed by atoms with Crippen molar-refractivity contribution in [2.75, 3.05) is 23.9 Å². The molecular formula is C15H17F3N2O4S. The van der Waals surface area contributed by atoms with Crippen LogP contribution in [0, 0.1) is 11.3 Å². The number of pyridine rings is 1. The van der Waals surface area contributed by atoms with Crippen LogP contribution in [0.1, 0.15) is 25.0 Å². The summed E-state index contributed by atoms with van der Waals surface area (Å²) in [5, 5.41) is 2.55. The molecule has 10 heteroatoms. The number of rotatable bonds is 3. The first-order valence-corrected chi connectivity index (χ1v) is 9.51. The number of hydrogen-bond acceptors (Lipinski definition) is 5. The lowest BCUT2D eigenvalue weighted by Gasteiger charge is -2.22. The second-order valence-electron chi connectivity index (χ2n) is 6.53. The summed E-state index contributed by atoms with van der Waals surface area (Å²) in [6.07, 6.45) is -2.22. The molecule has 1 saturated heterocycles. The molecule has 0 aromatic carbocycles. The van der Waals surface area contributed by atoms with E-state index in [4.69, 9.17) is 4.74 Å². The summed E-state index contributed by atoms with van der Waals surface area (Å²) in [6, 6.07) is 0.728. The number of ether oxygens (including phenoxy) is 1. The molecule has 0 radical (unpaired) electrons. The molecule has 1 aliphatic carbocycles. The Hall–Kier alpha value is -1.84. The number of halogens is 3. The van der Waals surface area contributed by atoms with Crippen LogP contribution >= 0.6 is 0 Å². The SMILES string of the molecule is COc1cc(C(F)(F)F)ncc1NC(=O)C1CC12CCS(=O)(=O)CC2. The van der Waals surface area contributed by atoms with Crippen LogP contribution in [-0.2, 0) is 20.8 Å². The van der Waals surface area contributed by atoms with Gasteiger partial charge in [-0.3, -0.25) is 4.79 Å².